The quantitative estimate of drug-likeness (QED) is 0.270. The zero-order chi connectivity index (χ0) is 14.2. The van der Waals surface area contributed by atoms with Gasteiger partial charge in [-0.2, -0.15) is 0 Å². The number of nitrogens with one attached hydrogen (secondary N) is 1. The zero-order valence-corrected chi connectivity index (χ0v) is 12.0. The fourth-order valence-corrected chi connectivity index (χ4v) is 2.20. The molecule has 1 unspecified atom stereocenters. The Morgan fingerprint density at radius 1 is 1.33 bits per heavy atom. The van der Waals surface area contributed by atoms with Crippen molar-refractivity contribution in [3.8, 4) is 0 Å². The Morgan fingerprint density at radius 3 is 2.22 bits per heavy atom. The second kappa shape index (κ2) is 7.95. The van der Waals surface area contributed by atoms with Crippen molar-refractivity contribution in [3.05, 3.63) is 0 Å². The number of amides is 1. The second-order valence-electron chi connectivity index (χ2n) is 4.64. The van der Waals surface area contributed by atoms with Gasteiger partial charge in [0.25, 0.3) is 0 Å². The summed E-state index contributed by atoms with van der Waals surface area (Å²) in [5, 5.41) is 14.9. The standard InChI is InChI=1S/C13H27N3O2/c1-5-9-10(6-2)15-12(17)13(7-3,8-4)11(14)16-18/h10,18H,5-9H2,1-4H3,(H2,14,16)(H,15,17). The molecule has 5 heteroatoms. The van der Waals surface area contributed by atoms with Gasteiger partial charge >= 0.3 is 0 Å². The Kier molecular flexibility index (Phi) is 7.39. The van der Waals surface area contributed by atoms with Crippen molar-refractivity contribution < 1.29 is 10.0 Å². The highest BCUT2D eigenvalue weighted by Gasteiger charge is 2.40. The van der Waals surface area contributed by atoms with Crippen LogP contribution < -0.4 is 11.1 Å². The summed E-state index contributed by atoms with van der Waals surface area (Å²) in [6.07, 6.45) is 3.90. The van der Waals surface area contributed by atoms with Crippen molar-refractivity contribution in [2.75, 3.05) is 0 Å². The molecule has 0 spiro atoms. The van der Waals surface area contributed by atoms with Crippen LogP contribution in [0.2, 0.25) is 0 Å². The highest BCUT2D eigenvalue weighted by atomic mass is 16.4. The lowest BCUT2D eigenvalue weighted by atomic mass is 9.79. The average molecular weight is 257 g/mol. The maximum Gasteiger partial charge on any atom is 0.234 e. The molecule has 5 nitrogen and oxygen atoms in total. The van der Waals surface area contributed by atoms with Gasteiger partial charge in [-0.1, -0.05) is 39.3 Å². The minimum Gasteiger partial charge on any atom is -0.409 e. The molecule has 0 aromatic heterocycles. The molecular formula is C13H27N3O2. The van der Waals surface area contributed by atoms with Crippen molar-refractivity contribution in [1.29, 1.82) is 0 Å². The van der Waals surface area contributed by atoms with Crippen LogP contribution in [0.5, 0.6) is 0 Å². The van der Waals surface area contributed by atoms with E-state index in [0.717, 1.165) is 19.3 Å². The number of nitrogens with zero attached hydrogens (tertiary/aromatic N) is 1. The lowest BCUT2D eigenvalue weighted by molar-refractivity contribution is -0.128. The van der Waals surface area contributed by atoms with Crippen LogP contribution in [0.4, 0.5) is 0 Å². The van der Waals surface area contributed by atoms with E-state index < -0.39 is 5.41 Å². The smallest absolute Gasteiger partial charge is 0.234 e. The SMILES string of the molecule is CCCC(CC)NC(=O)C(CC)(CC)C(N)=NO. The molecule has 0 saturated carbocycles. The van der Waals surface area contributed by atoms with Crippen LogP contribution in [0.3, 0.4) is 0 Å². The lowest BCUT2D eigenvalue weighted by Crippen LogP contribution is -2.51. The molecule has 0 radical (unpaired) electrons. The Bertz CT molecular complexity index is 286. The highest BCUT2D eigenvalue weighted by Crippen LogP contribution is 2.27. The number of oxime groups is 1. The van der Waals surface area contributed by atoms with Crippen LogP contribution >= 0.6 is 0 Å². The fourth-order valence-electron chi connectivity index (χ4n) is 2.20. The number of hydrogen-bond donors (Lipinski definition) is 3. The van der Waals surface area contributed by atoms with Crippen molar-refractivity contribution in [3.63, 3.8) is 0 Å². The van der Waals surface area contributed by atoms with Gasteiger partial charge in [0.15, 0.2) is 5.84 Å². The Balaban J connectivity index is 4.98. The van der Waals surface area contributed by atoms with Crippen LogP contribution in [0.15, 0.2) is 5.16 Å². The van der Waals surface area contributed by atoms with E-state index in [-0.39, 0.29) is 17.8 Å². The summed E-state index contributed by atoms with van der Waals surface area (Å²) in [6, 6.07) is 0.159. The lowest BCUT2D eigenvalue weighted by Gasteiger charge is -2.30. The van der Waals surface area contributed by atoms with Crippen LogP contribution in [0.1, 0.15) is 59.8 Å². The summed E-state index contributed by atoms with van der Waals surface area (Å²) in [6.45, 7) is 7.89. The van der Waals surface area contributed by atoms with Gasteiger partial charge < -0.3 is 16.3 Å². The number of nitrogens with two attached hydrogens (primary N) is 1. The van der Waals surface area contributed by atoms with E-state index in [1.807, 2.05) is 20.8 Å². The Labute approximate surface area is 110 Å². The van der Waals surface area contributed by atoms with Gasteiger partial charge in [-0.15, -0.1) is 0 Å². The summed E-state index contributed by atoms with van der Waals surface area (Å²) < 4.78 is 0. The first kappa shape index (κ1) is 16.7. The van der Waals surface area contributed by atoms with Gasteiger partial charge in [-0.25, -0.2) is 0 Å². The number of rotatable bonds is 8. The van der Waals surface area contributed by atoms with E-state index in [2.05, 4.69) is 17.4 Å². The van der Waals surface area contributed by atoms with E-state index in [4.69, 9.17) is 10.9 Å². The summed E-state index contributed by atoms with van der Waals surface area (Å²) >= 11 is 0. The summed E-state index contributed by atoms with van der Waals surface area (Å²) in [5.41, 5.74) is 4.81. The van der Waals surface area contributed by atoms with Crippen LogP contribution in [-0.2, 0) is 4.79 Å². The molecule has 0 bridgehead atoms. The molecule has 0 aliphatic heterocycles. The molecule has 0 saturated heterocycles. The predicted molar refractivity (Wildman–Crippen MR) is 73.6 cm³/mol. The highest BCUT2D eigenvalue weighted by molar-refractivity contribution is 6.06. The first-order chi connectivity index (χ1) is 8.52. The molecule has 106 valence electrons. The minimum absolute atomic E-state index is 0.00338. The first-order valence-corrected chi connectivity index (χ1v) is 6.81. The maximum atomic E-state index is 12.4. The van der Waals surface area contributed by atoms with Crippen LogP contribution in [0.25, 0.3) is 0 Å². The third-order valence-electron chi connectivity index (χ3n) is 3.70. The van der Waals surface area contributed by atoms with Gasteiger partial charge in [0.2, 0.25) is 5.91 Å². The molecule has 0 aliphatic rings. The van der Waals surface area contributed by atoms with E-state index >= 15 is 0 Å². The molecule has 0 rings (SSSR count). The molecule has 0 aromatic rings. The van der Waals surface area contributed by atoms with Crippen molar-refractivity contribution in [2.24, 2.45) is 16.3 Å². The van der Waals surface area contributed by atoms with E-state index in [0.29, 0.717) is 12.8 Å². The summed E-state index contributed by atoms with van der Waals surface area (Å²) in [4.78, 5) is 12.4. The summed E-state index contributed by atoms with van der Waals surface area (Å²) in [7, 11) is 0. The Hall–Kier alpha value is -1.26. The fraction of sp³-hybridized carbons (Fsp3) is 0.846. The van der Waals surface area contributed by atoms with Crippen molar-refractivity contribution in [2.45, 2.75) is 65.8 Å². The number of hydrogen-bond acceptors (Lipinski definition) is 3. The van der Waals surface area contributed by atoms with Gasteiger partial charge in [0, 0.05) is 6.04 Å². The average Bonchev–Trinajstić information content (AvgIpc) is 2.39. The van der Waals surface area contributed by atoms with Crippen LogP contribution in [0, 0.1) is 5.41 Å². The van der Waals surface area contributed by atoms with Gasteiger partial charge in [-0.3, -0.25) is 4.79 Å². The molecule has 0 aromatic carbocycles. The van der Waals surface area contributed by atoms with Crippen LogP contribution in [-0.4, -0.2) is 23.0 Å². The van der Waals surface area contributed by atoms with E-state index in [9.17, 15) is 4.79 Å². The number of carbonyl (C=O) groups excluding carboxylic acids is 1. The van der Waals surface area contributed by atoms with E-state index in [1.165, 1.54) is 0 Å². The van der Waals surface area contributed by atoms with Crippen molar-refractivity contribution in [1.82, 2.24) is 5.32 Å². The van der Waals surface area contributed by atoms with E-state index in [1.54, 1.807) is 0 Å². The van der Waals surface area contributed by atoms with Gasteiger partial charge in [0.1, 0.15) is 5.41 Å². The molecule has 4 N–H and O–H groups in total. The normalized spacial score (nSPS) is 14.3. The molecule has 18 heavy (non-hydrogen) atoms. The molecular weight excluding hydrogens is 230 g/mol. The van der Waals surface area contributed by atoms with Gasteiger partial charge in [-0.05, 0) is 25.7 Å². The summed E-state index contributed by atoms with van der Waals surface area (Å²) in [5.74, 6) is -0.139. The monoisotopic (exact) mass is 257 g/mol. The van der Waals surface area contributed by atoms with Gasteiger partial charge in [0.05, 0.1) is 0 Å². The topological polar surface area (TPSA) is 87.7 Å². The predicted octanol–water partition coefficient (Wildman–Crippen LogP) is 2.23. The zero-order valence-electron chi connectivity index (χ0n) is 12.0. The molecule has 1 atom stereocenters. The largest absolute Gasteiger partial charge is 0.409 e. The molecule has 0 aliphatic carbocycles. The molecule has 0 heterocycles. The third kappa shape index (κ3) is 3.62. The second-order valence-corrected chi connectivity index (χ2v) is 4.64. The molecule has 1 amide bonds. The first-order valence-electron chi connectivity index (χ1n) is 6.81. The number of amidine groups is 1. The maximum absolute atomic E-state index is 12.4. The van der Waals surface area contributed by atoms with Crippen molar-refractivity contribution >= 4 is 11.7 Å². The third-order valence-corrected chi connectivity index (χ3v) is 3.70. The minimum atomic E-state index is -0.893. The Morgan fingerprint density at radius 2 is 1.89 bits per heavy atom. The number of carbonyl (C=O) groups is 1. The molecule has 0 fully saturated rings.